The molecule has 0 saturated carbocycles. The Labute approximate surface area is 216 Å². The van der Waals surface area contributed by atoms with Crippen molar-refractivity contribution in [2.24, 2.45) is 0 Å². The van der Waals surface area contributed by atoms with Crippen molar-refractivity contribution in [3.8, 4) is 6.07 Å². The van der Waals surface area contributed by atoms with E-state index in [2.05, 4.69) is 33.7 Å². The van der Waals surface area contributed by atoms with Gasteiger partial charge in [0, 0.05) is 48.8 Å². The second-order valence-corrected chi connectivity index (χ2v) is 13.6. The summed E-state index contributed by atoms with van der Waals surface area (Å²) in [5.41, 5.74) is 0.760. The first-order valence-electron chi connectivity index (χ1n) is 12.3. The molecule has 5 heterocycles. The maximum absolute atomic E-state index is 14.4. The minimum absolute atomic E-state index is 0.0520. The van der Waals surface area contributed by atoms with E-state index in [1.54, 1.807) is 11.0 Å². The topological polar surface area (TPSA) is 123 Å². The molecule has 3 aliphatic rings. The second kappa shape index (κ2) is 8.34. The van der Waals surface area contributed by atoms with Gasteiger partial charge in [-0.15, -0.1) is 0 Å². The minimum atomic E-state index is -3.42. The third-order valence-corrected chi connectivity index (χ3v) is 10.5. The van der Waals surface area contributed by atoms with E-state index in [-0.39, 0.29) is 34.9 Å². The maximum atomic E-state index is 14.4. The highest BCUT2D eigenvalue weighted by molar-refractivity contribution is 7.95. The lowest BCUT2D eigenvalue weighted by Crippen LogP contribution is -2.66. The number of piperazine rings is 1. The lowest BCUT2D eigenvalue weighted by molar-refractivity contribution is -0.137. The van der Waals surface area contributed by atoms with E-state index >= 15 is 0 Å². The normalized spacial score (nSPS) is 27.9. The van der Waals surface area contributed by atoms with Gasteiger partial charge in [0.15, 0.2) is 21.3 Å². The number of carbonyl (C=O) groups excluding carboxylic acids is 1. The Balaban J connectivity index is 1.47. The van der Waals surface area contributed by atoms with Crippen molar-refractivity contribution in [3.05, 3.63) is 35.7 Å². The molecule has 37 heavy (non-hydrogen) atoms. The molecule has 1 unspecified atom stereocenters. The average molecular weight is 528 g/mol. The molecule has 196 valence electrons. The van der Waals surface area contributed by atoms with Gasteiger partial charge in [-0.05, 0) is 27.2 Å². The molecule has 2 aromatic rings. The first kappa shape index (κ1) is 25.3. The molecule has 1 amide bonds. The van der Waals surface area contributed by atoms with Crippen LogP contribution in [0.4, 0.5) is 21.7 Å². The summed E-state index contributed by atoms with van der Waals surface area (Å²) in [5.74, 6) is 0.426. The van der Waals surface area contributed by atoms with E-state index in [0.717, 1.165) is 11.4 Å². The molecule has 0 spiro atoms. The van der Waals surface area contributed by atoms with Crippen LogP contribution in [0, 0.1) is 17.1 Å². The fourth-order valence-electron chi connectivity index (χ4n) is 5.64. The molecule has 0 bridgehead atoms. The largest absolute Gasteiger partial charge is 0.350 e. The Bertz CT molecular complexity index is 1440. The first-order valence-corrected chi connectivity index (χ1v) is 13.9. The Morgan fingerprint density at radius 1 is 1.14 bits per heavy atom. The smallest absolute Gasteiger partial charge is 0.244 e. The lowest BCUT2D eigenvalue weighted by Gasteiger charge is -2.49. The van der Waals surface area contributed by atoms with Crippen LogP contribution in [0.25, 0.3) is 0 Å². The standard InChI is InChI=1S/C25H30FN7O3S/c1-15-12-32(23(34)25(5)6-7-37(25,35)36)16(2)11-31(15)21-20-22(30-14-29-21)33(13-24(20,3)4)17-8-18(26)19(9-27)28-10-17/h8,10,14-16H,6-7,11-13H2,1-5H3/t15-,16+,25?/m0/s1. The Hall–Kier alpha value is -3.33. The zero-order valence-electron chi connectivity index (χ0n) is 21.6. The van der Waals surface area contributed by atoms with Gasteiger partial charge in [-0.25, -0.2) is 27.8 Å². The van der Waals surface area contributed by atoms with Crippen LogP contribution in [0.15, 0.2) is 18.6 Å². The highest BCUT2D eigenvalue weighted by atomic mass is 32.2. The number of carbonyl (C=O) groups is 1. The molecule has 3 atom stereocenters. The van der Waals surface area contributed by atoms with Crippen molar-refractivity contribution in [1.82, 2.24) is 19.9 Å². The maximum Gasteiger partial charge on any atom is 0.244 e. The Kier molecular flexibility index (Phi) is 5.71. The third-order valence-electron chi connectivity index (χ3n) is 8.04. The second-order valence-electron chi connectivity index (χ2n) is 11.1. The Morgan fingerprint density at radius 3 is 2.43 bits per heavy atom. The summed E-state index contributed by atoms with van der Waals surface area (Å²) in [6, 6.07) is 2.69. The van der Waals surface area contributed by atoms with Crippen molar-refractivity contribution >= 4 is 33.1 Å². The van der Waals surface area contributed by atoms with Gasteiger partial charge in [-0.2, -0.15) is 5.26 Å². The van der Waals surface area contributed by atoms with Gasteiger partial charge >= 0.3 is 0 Å². The van der Waals surface area contributed by atoms with Crippen molar-refractivity contribution in [2.45, 2.75) is 63.3 Å². The Morgan fingerprint density at radius 2 is 1.84 bits per heavy atom. The minimum Gasteiger partial charge on any atom is -0.350 e. The molecule has 3 aliphatic heterocycles. The number of nitriles is 1. The van der Waals surface area contributed by atoms with E-state index in [0.29, 0.717) is 37.6 Å². The molecule has 5 rings (SSSR count). The number of halogens is 1. The molecule has 2 saturated heterocycles. The number of rotatable bonds is 3. The molecule has 2 fully saturated rings. The summed E-state index contributed by atoms with van der Waals surface area (Å²) in [6.07, 6.45) is 3.30. The molecule has 12 heteroatoms. The number of hydrogen-bond acceptors (Lipinski definition) is 9. The first-order chi connectivity index (χ1) is 17.3. The SMILES string of the molecule is C[C@@H]1CN(c2ncnc3c2C(C)(C)CN3c2cnc(C#N)c(F)c2)[C@@H](C)CN1C(=O)C1(C)CCS1(=O)=O. The van der Waals surface area contributed by atoms with Gasteiger partial charge < -0.3 is 14.7 Å². The third kappa shape index (κ3) is 3.74. The van der Waals surface area contributed by atoms with E-state index < -0.39 is 20.4 Å². The summed E-state index contributed by atoms with van der Waals surface area (Å²) >= 11 is 0. The number of amides is 1. The summed E-state index contributed by atoms with van der Waals surface area (Å²) < 4.78 is 37.8. The van der Waals surface area contributed by atoms with Gasteiger partial charge in [0.25, 0.3) is 0 Å². The summed E-state index contributed by atoms with van der Waals surface area (Å²) in [6.45, 7) is 11.0. The van der Waals surface area contributed by atoms with Crippen molar-refractivity contribution in [3.63, 3.8) is 0 Å². The van der Waals surface area contributed by atoms with E-state index in [4.69, 9.17) is 5.26 Å². The van der Waals surface area contributed by atoms with E-state index in [1.165, 1.54) is 25.5 Å². The van der Waals surface area contributed by atoms with Crippen molar-refractivity contribution in [2.75, 3.05) is 35.2 Å². The molecular weight excluding hydrogens is 497 g/mol. The lowest BCUT2D eigenvalue weighted by atomic mass is 9.87. The van der Waals surface area contributed by atoms with Crippen molar-refractivity contribution < 1.29 is 17.6 Å². The van der Waals surface area contributed by atoms with Crippen LogP contribution < -0.4 is 9.80 Å². The molecule has 0 N–H and O–H groups in total. The van der Waals surface area contributed by atoms with Gasteiger partial charge in [-0.3, -0.25) is 4.79 Å². The molecule has 0 radical (unpaired) electrons. The van der Waals surface area contributed by atoms with Crippen LogP contribution in [0.2, 0.25) is 0 Å². The molecule has 0 aliphatic carbocycles. The fourth-order valence-corrected chi connectivity index (χ4v) is 7.17. The van der Waals surface area contributed by atoms with E-state index in [1.807, 2.05) is 18.7 Å². The van der Waals surface area contributed by atoms with Crippen LogP contribution in [-0.2, 0) is 20.0 Å². The highest BCUT2D eigenvalue weighted by Crippen LogP contribution is 2.47. The molecule has 2 aromatic heterocycles. The summed E-state index contributed by atoms with van der Waals surface area (Å²) in [5, 5.41) is 9.04. The van der Waals surface area contributed by atoms with Crippen LogP contribution in [0.3, 0.4) is 0 Å². The highest BCUT2D eigenvalue weighted by Gasteiger charge is 2.57. The number of anilines is 3. The predicted molar refractivity (Wildman–Crippen MR) is 136 cm³/mol. The molecule has 10 nitrogen and oxygen atoms in total. The predicted octanol–water partition coefficient (Wildman–Crippen LogP) is 2.31. The number of nitrogens with zero attached hydrogens (tertiary/aromatic N) is 7. The van der Waals surface area contributed by atoms with Gasteiger partial charge in [0.05, 0.1) is 17.6 Å². The van der Waals surface area contributed by atoms with Crippen LogP contribution >= 0.6 is 0 Å². The van der Waals surface area contributed by atoms with Crippen LogP contribution in [-0.4, -0.2) is 76.4 Å². The van der Waals surface area contributed by atoms with Gasteiger partial charge in [0.1, 0.15) is 28.8 Å². The van der Waals surface area contributed by atoms with Gasteiger partial charge in [0.2, 0.25) is 5.91 Å². The van der Waals surface area contributed by atoms with Gasteiger partial charge in [-0.1, -0.05) is 13.8 Å². The number of hydrogen-bond donors (Lipinski definition) is 0. The average Bonchev–Trinajstić information content (AvgIpc) is 3.14. The molecular formula is C25H30FN7O3S. The van der Waals surface area contributed by atoms with E-state index in [9.17, 15) is 17.6 Å². The number of fused-ring (bicyclic) bond motifs is 1. The van der Waals surface area contributed by atoms with Crippen LogP contribution in [0.1, 0.15) is 52.3 Å². The monoisotopic (exact) mass is 527 g/mol. The van der Waals surface area contributed by atoms with Crippen LogP contribution in [0.5, 0.6) is 0 Å². The quantitative estimate of drug-likeness (QED) is 0.591. The molecule has 0 aromatic carbocycles. The zero-order valence-corrected chi connectivity index (χ0v) is 22.4. The summed E-state index contributed by atoms with van der Waals surface area (Å²) in [4.78, 5) is 32.2. The van der Waals surface area contributed by atoms with Crippen molar-refractivity contribution in [1.29, 1.82) is 5.26 Å². The summed E-state index contributed by atoms with van der Waals surface area (Å²) in [7, 11) is -3.42. The number of sulfone groups is 1. The zero-order chi connectivity index (χ0) is 26.9. The fraction of sp³-hybridized carbons (Fsp3) is 0.560. The number of pyridine rings is 1. The number of aromatic nitrogens is 3.